The third-order valence-corrected chi connectivity index (χ3v) is 9.71. The van der Waals surface area contributed by atoms with Crippen LogP contribution in [0.15, 0.2) is 30.3 Å². The minimum Gasteiger partial charge on any atom is -0.349 e. The zero-order valence-corrected chi connectivity index (χ0v) is 22.2. The molecule has 6 nitrogen and oxygen atoms in total. The Balaban J connectivity index is 1.11. The fourth-order valence-corrected chi connectivity index (χ4v) is 7.69. The Morgan fingerprint density at radius 2 is 1.84 bits per heavy atom. The second-order valence-electron chi connectivity index (χ2n) is 12.3. The Morgan fingerprint density at radius 1 is 1.11 bits per heavy atom. The van der Waals surface area contributed by atoms with Crippen LogP contribution in [0.2, 0.25) is 0 Å². The maximum absolute atomic E-state index is 13.6. The van der Waals surface area contributed by atoms with E-state index in [2.05, 4.69) is 57.9 Å². The van der Waals surface area contributed by atoms with E-state index in [1.807, 2.05) is 18.2 Å². The number of alkyl halides is 2. The number of halogens is 2. The van der Waals surface area contributed by atoms with Crippen molar-refractivity contribution in [2.45, 2.75) is 108 Å². The number of hydrogen-bond donors (Lipinski definition) is 1. The highest BCUT2D eigenvalue weighted by Crippen LogP contribution is 2.72. The van der Waals surface area contributed by atoms with Crippen LogP contribution in [-0.2, 0) is 4.79 Å². The van der Waals surface area contributed by atoms with Gasteiger partial charge in [-0.05, 0) is 51.0 Å². The standard InChI is InChI=1S/C29H39F2N5O/c1-18(2)26-34-33-19(3)36(26)22-15-24-28(16-22)17-25(28)35(24)14-11-23(20-7-5-4-6-8-20)32-27(37)21-9-12-29(30,31)13-10-21/h4-8,18,21-25H,9-17H2,1-3H3,(H,32,37)/t22?,23-,24?,25?,28?/m0/s1. The van der Waals surface area contributed by atoms with E-state index in [9.17, 15) is 13.6 Å². The third kappa shape index (κ3) is 4.39. The lowest BCUT2D eigenvalue weighted by Crippen LogP contribution is -2.53. The van der Waals surface area contributed by atoms with E-state index < -0.39 is 5.92 Å². The van der Waals surface area contributed by atoms with Crippen molar-refractivity contribution in [3.63, 3.8) is 0 Å². The highest BCUT2D eigenvalue weighted by Gasteiger charge is 2.75. The third-order valence-electron chi connectivity index (χ3n) is 9.71. The van der Waals surface area contributed by atoms with Crippen LogP contribution < -0.4 is 5.32 Å². The Kier molecular flexibility index (Phi) is 6.16. The largest absolute Gasteiger partial charge is 0.349 e. The van der Waals surface area contributed by atoms with Crippen LogP contribution in [0.3, 0.4) is 0 Å². The average Bonchev–Trinajstić information content (AvgIpc) is 3.13. The summed E-state index contributed by atoms with van der Waals surface area (Å²) in [5.41, 5.74) is 1.54. The fraction of sp³-hybridized carbons (Fsp3) is 0.690. The lowest BCUT2D eigenvalue weighted by atomic mass is 9.85. The smallest absolute Gasteiger partial charge is 0.248 e. The normalized spacial score (nSPS) is 31.5. The molecule has 3 saturated carbocycles. The first-order valence-electron chi connectivity index (χ1n) is 14.1. The van der Waals surface area contributed by atoms with E-state index in [1.54, 1.807) is 0 Å². The number of benzene rings is 1. The van der Waals surface area contributed by atoms with Gasteiger partial charge in [0.25, 0.3) is 0 Å². The summed E-state index contributed by atoms with van der Waals surface area (Å²) in [6.45, 7) is 7.37. The predicted octanol–water partition coefficient (Wildman–Crippen LogP) is 5.56. The Bertz CT molecular complexity index is 1140. The molecule has 37 heavy (non-hydrogen) atoms. The van der Waals surface area contributed by atoms with Crippen molar-refractivity contribution in [2.75, 3.05) is 6.54 Å². The van der Waals surface area contributed by atoms with Crippen molar-refractivity contribution >= 4 is 5.91 Å². The zero-order chi connectivity index (χ0) is 25.9. The molecule has 1 spiro atoms. The molecule has 1 aromatic heterocycles. The molecule has 5 atom stereocenters. The average molecular weight is 512 g/mol. The maximum atomic E-state index is 13.6. The van der Waals surface area contributed by atoms with Crippen LogP contribution in [0.1, 0.15) is 100 Å². The lowest BCUT2D eigenvalue weighted by Gasteiger charge is -2.44. The molecule has 8 heteroatoms. The number of nitrogens with one attached hydrogen (secondary N) is 1. The molecule has 6 rings (SSSR count). The molecule has 4 fully saturated rings. The van der Waals surface area contributed by atoms with Gasteiger partial charge in [-0.15, -0.1) is 10.2 Å². The number of carbonyl (C=O) groups is 1. The van der Waals surface area contributed by atoms with Gasteiger partial charge in [0.05, 0.1) is 6.04 Å². The van der Waals surface area contributed by atoms with Gasteiger partial charge < -0.3 is 9.88 Å². The number of hydrogen-bond acceptors (Lipinski definition) is 4. The van der Waals surface area contributed by atoms with Gasteiger partial charge in [-0.3, -0.25) is 9.69 Å². The molecular formula is C29H39F2N5O. The van der Waals surface area contributed by atoms with E-state index in [4.69, 9.17) is 0 Å². The van der Waals surface area contributed by atoms with Crippen molar-refractivity contribution < 1.29 is 13.6 Å². The highest BCUT2D eigenvalue weighted by atomic mass is 19.3. The van der Waals surface area contributed by atoms with Crippen LogP contribution in [0.25, 0.3) is 0 Å². The van der Waals surface area contributed by atoms with Gasteiger partial charge in [-0.2, -0.15) is 0 Å². The Hall–Kier alpha value is -2.35. The summed E-state index contributed by atoms with van der Waals surface area (Å²) in [5, 5.41) is 12.1. The van der Waals surface area contributed by atoms with Crippen molar-refractivity contribution in [2.24, 2.45) is 11.3 Å². The predicted molar refractivity (Wildman–Crippen MR) is 137 cm³/mol. The number of rotatable bonds is 8. The molecule has 1 N–H and O–H groups in total. The molecule has 4 unspecified atom stereocenters. The van der Waals surface area contributed by atoms with Crippen LogP contribution in [0.4, 0.5) is 8.78 Å². The molecule has 4 aliphatic rings. The molecule has 1 aromatic carbocycles. The molecule has 0 radical (unpaired) electrons. The molecule has 1 amide bonds. The lowest BCUT2D eigenvalue weighted by molar-refractivity contribution is -0.130. The molecular weight excluding hydrogens is 472 g/mol. The second kappa shape index (κ2) is 9.14. The van der Waals surface area contributed by atoms with Gasteiger partial charge in [-0.25, -0.2) is 8.78 Å². The zero-order valence-electron chi connectivity index (χ0n) is 22.2. The van der Waals surface area contributed by atoms with Crippen LogP contribution in [0.5, 0.6) is 0 Å². The Labute approximate surface area is 218 Å². The quantitative estimate of drug-likeness (QED) is 0.504. The molecule has 200 valence electrons. The minimum absolute atomic E-state index is 0.0704. The molecule has 1 saturated heterocycles. The highest BCUT2D eigenvalue weighted by molar-refractivity contribution is 5.79. The summed E-state index contributed by atoms with van der Waals surface area (Å²) in [6, 6.07) is 11.7. The number of aromatic nitrogens is 3. The van der Waals surface area contributed by atoms with E-state index >= 15 is 0 Å². The Morgan fingerprint density at radius 3 is 2.54 bits per heavy atom. The summed E-state index contributed by atoms with van der Waals surface area (Å²) in [6.07, 6.45) is 4.59. The second-order valence-corrected chi connectivity index (χ2v) is 12.3. The number of likely N-dealkylation sites (tertiary alicyclic amines) is 1. The van der Waals surface area contributed by atoms with Crippen molar-refractivity contribution in [1.29, 1.82) is 0 Å². The molecule has 3 aliphatic carbocycles. The van der Waals surface area contributed by atoms with Gasteiger partial charge in [0.1, 0.15) is 11.6 Å². The van der Waals surface area contributed by atoms with Gasteiger partial charge in [0.2, 0.25) is 11.8 Å². The summed E-state index contributed by atoms with van der Waals surface area (Å²) < 4.78 is 29.6. The van der Waals surface area contributed by atoms with Crippen LogP contribution in [-0.4, -0.2) is 50.1 Å². The molecule has 2 aromatic rings. The summed E-state index contributed by atoms with van der Waals surface area (Å²) >= 11 is 0. The number of aryl methyl sites for hydroxylation is 1. The van der Waals surface area contributed by atoms with E-state index in [1.165, 1.54) is 12.8 Å². The van der Waals surface area contributed by atoms with Crippen LogP contribution >= 0.6 is 0 Å². The maximum Gasteiger partial charge on any atom is 0.248 e. The van der Waals surface area contributed by atoms with Gasteiger partial charge in [0, 0.05) is 54.8 Å². The van der Waals surface area contributed by atoms with Crippen molar-refractivity contribution in [3.8, 4) is 0 Å². The van der Waals surface area contributed by atoms with E-state index in [0.717, 1.165) is 36.6 Å². The van der Waals surface area contributed by atoms with Crippen molar-refractivity contribution in [1.82, 2.24) is 25.0 Å². The summed E-state index contributed by atoms with van der Waals surface area (Å²) in [5.74, 6) is -0.542. The van der Waals surface area contributed by atoms with Gasteiger partial charge in [-0.1, -0.05) is 44.2 Å². The van der Waals surface area contributed by atoms with Crippen molar-refractivity contribution in [3.05, 3.63) is 47.5 Å². The minimum atomic E-state index is -2.62. The van der Waals surface area contributed by atoms with Crippen LogP contribution in [0, 0.1) is 18.3 Å². The first kappa shape index (κ1) is 25.0. The van der Waals surface area contributed by atoms with Gasteiger partial charge in [0.15, 0.2) is 0 Å². The first-order valence-corrected chi connectivity index (χ1v) is 14.1. The summed E-state index contributed by atoms with van der Waals surface area (Å²) in [7, 11) is 0. The monoisotopic (exact) mass is 511 g/mol. The van der Waals surface area contributed by atoms with Gasteiger partial charge >= 0.3 is 0 Å². The number of carbonyl (C=O) groups excluding carboxylic acids is 1. The summed E-state index contributed by atoms with van der Waals surface area (Å²) in [4.78, 5) is 15.7. The van der Waals surface area contributed by atoms with E-state index in [0.29, 0.717) is 29.5 Å². The first-order chi connectivity index (χ1) is 17.7. The molecule has 2 heterocycles. The fourth-order valence-electron chi connectivity index (χ4n) is 7.69. The molecule has 1 aliphatic heterocycles. The topological polar surface area (TPSA) is 63.1 Å². The number of nitrogens with zero attached hydrogens (tertiary/aromatic N) is 4. The SMILES string of the molecule is Cc1nnc(C(C)C)n1C1CC2N(CC[C@H](NC(=O)C3CCC(F)(F)CC3)c3ccccc3)C3CC23C1. The molecule has 0 bridgehead atoms. The van der Waals surface area contributed by atoms with E-state index in [-0.39, 0.29) is 43.6 Å². The number of amides is 1.